The standard InChI is InChI=1S/C8H11N3O4/c1-6-5-7(11(14)15)9-10(6)4-2-3-8(12)13/h5H,2-4H2,1H3,(H,12,13)/p-1. The molecule has 0 aromatic carbocycles. The molecule has 0 aliphatic carbocycles. The van der Waals surface area contributed by atoms with Crippen LogP contribution in [-0.2, 0) is 11.3 Å². The maximum Gasteiger partial charge on any atom is 0.390 e. The number of hydrogen-bond acceptors (Lipinski definition) is 5. The Balaban J connectivity index is 2.61. The zero-order valence-electron chi connectivity index (χ0n) is 8.17. The summed E-state index contributed by atoms with van der Waals surface area (Å²) in [4.78, 5) is 19.9. The molecule has 0 aliphatic rings. The summed E-state index contributed by atoms with van der Waals surface area (Å²) in [6, 6.07) is 1.35. The van der Waals surface area contributed by atoms with Crippen molar-refractivity contribution in [3.63, 3.8) is 0 Å². The van der Waals surface area contributed by atoms with Crippen LogP contribution >= 0.6 is 0 Å². The van der Waals surface area contributed by atoms with Gasteiger partial charge in [0.05, 0.1) is 23.4 Å². The maximum atomic E-state index is 10.4. The summed E-state index contributed by atoms with van der Waals surface area (Å²) < 4.78 is 1.42. The van der Waals surface area contributed by atoms with Crippen molar-refractivity contribution in [3.8, 4) is 0 Å². The lowest BCUT2D eigenvalue weighted by molar-refractivity contribution is -0.389. The molecule has 1 rings (SSSR count). The molecule has 0 saturated carbocycles. The molecular formula is C8H10N3O4-. The Bertz CT molecular complexity index is 385. The second kappa shape index (κ2) is 4.54. The van der Waals surface area contributed by atoms with E-state index in [-0.39, 0.29) is 12.2 Å². The Hall–Kier alpha value is -1.92. The van der Waals surface area contributed by atoms with E-state index in [4.69, 9.17) is 0 Å². The molecule has 0 fully saturated rings. The molecule has 82 valence electrons. The van der Waals surface area contributed by atoms with Gasteiger partial charge in [-0.3, -0.25) is 0 Å². The third-order valence-electron chi connectivity index (χ3n) is 1.91. The van der Waals surface area contributed by atoms with Crippen molar-refractivity contribution in [2.45, 2.75) is 26.3 Å². The van der Waals surface area contributed by atoms with Gasteiger partial charge in [0, 0.05) is 5.97 Å². The van der Waals surface area contributed by atoms with Crippen LogP contribution in [0.3, 0.4) is 0 Å². The first-order valence-electron chi connectivity index (χ1n) is 4.39. The zero-order chi connectivity index (χ0) is 11.4. The first-order valence-corrected chi connectivity index (χ1v) is 4.39. The lowest BCUT2D eigenvalue weighted by atomic mass is 10.3. The highest BCUT2D eigenvalue weighted by atomic mass is 16.6. The number of nitrogens with zero attached hydrogens (tertiary/aromatic N) is 3. The van der Waals surface area contributed by atoms with Crippen LogP contribution in [0.4, 0.5) is 5.82 Å². The van der Waals surface area contributed by atoms with E-state index in [1.807, 2.05) is 0 Å². The van der Waals surface area contributed by atoms with E-state index >= 15 is 0 Å². The lowest BCUT2D eigenvalue weighted by Gasteiger charge is -2.00. The summed E-state index contributed by atoms with van der Waals surface area (Å²) in [5.74, 6) is -1.35. The van der Waals surface area contributed by atoms with Crippen molar-refractivity contribution in [2.24, 2.45) is 0 Å². The number of rotatable bonds is 5. The first kappa shape index (κ1) is 11.2. The van der Waals surface area contributed by atoms with Crippen molar-refractivity contribution in [1.82, 2.24) is 9.78 Å². The fraction of sp³-hybridized carbons (Fsp3) is 0.500. The quantitative estimate of drug-likeness (QED) is 0.489. The molecule has 0 bridgehead atoms. The number of aliphatic carboxylic acids is 1. The monoisotopic (exact) mass is 212 g/mol. The molecule has 0 radical (unpaired) electrons. The molecule has 15 heavy (non-hydrogen) atoms. The van der Waals surface area contributed by atoms with E-state index < -0.39 is 10.9 Å². The highest BCUT2D eigenvalue weighted by molar-refractivity contribution is 5.64. The summed E-state index contributed by atoms with van der Waals surface area (Å²) in [5.41, 5.74) is 0.639. The van der Waals surface area contributed by atoms with Crippen molar-refractivity contribution in [3.05, 3.63) is 21.9 Å². The number of hydrogen-bond donors (Lipinski definition) is 0. The Kier molecular flexibility index (Phi) is 3.37. The molecule has 0 N–H and O–H groups in total. The van der Waals surface area contributed by atoms with Crippen LogP contribution < -0.4 is 5.11 Å². The largest absolute Gasteiger partial charge is 0.550 e. The Morgan fingerprint density at radius 2 is 2.33 bits per heavy atom. The number of carbonyl (C=O) groups excluding carboxylic acids is 1. The normalized spacial score (nSPS) is 10.2. The minimum Gasteiger partial charge on any atom is -0.550 e. The van der Waals surface area contributed by atoms with Gasteiger partial charge in [0.15, 0.2) is 0 Å². The lowest BCUT2D eigenvalue weighted by Crippen LogP contribution is -2.22. The van der Waals surface area contributed by atoms with Crippen molar-refractivity contribution in [2.75, 3.05) is 0 Å². The number of carboxylic acids is 1. The summed E-state index contributed by atoms with van der Waals surface area (Å²) in [5, 5.41) is 24.2. The Morgan fingerprint density at radius 1 is 1.67 bits per heavy atom. The first-order chi connectivity index (χ1) is 7.00. The predicted octanol–water partition coefficient (Wildman–Crippen LogP) is -0.370. The molecule has 0 atom stereocenters. The van der Waals surface area contributed by atoms with Crippen molar-refractivity contribution >= 4 is 11.8 Å². The topological polar surface area (TPSA) is 101 Å². The van der Waals surface area contributed by atoms with Crippen LogP contribution in [0.5, 0.6) is 0 Å². The molecule has 1 heterocycles. The molecule has 0 amide bonds. The smallest absolute Gasteiger partial charge is 0.390 e. The Morgan fingerprint density at radius 3 is 2.80 bits per heavy atom. The SMILES string of the molecule is Cc1cc([N+](=O)[O-])nn1CCCC(=O)[O-]. The third kappa shape index (κ3) is 3.04. The van der Waals surface area contributed by atoms with Crippen LogP contribution in [0, 0.1) is 17.0 Å². The van der Waals surface area contributed by atoms with E-state index in [9.17, 15) is 20.0 Å². The number of aromatic nitrogens is 2. The molecule has 0 spiro atoms. The summed E-state index contributed by atoms with van der Waals surface area (Å²) >= 11 is 0. The van der Waals surface area contributed by atoms with Gasteiger partial charge in [0.1, 0.15) is 0 Å². The average molecular weight is 212 g/mol. The van der Waals surface area contributed by atoms with E-state index in [1.54, 1.807) is 6.92 Å². The van der Waals surface area contributed by atoms with Gasteiger partial charge in [-0.25, -0.2) is 0 Å². The van der Waals surface area contributed by atoms with Gasteiger partial charge >= 0.3 is 5.82 Å². The fourth-order valence-electron chi connectivity index (χ4n) is 1.18. The van der Waals surface area contributed by atoms with Crippen LogP contribution in [0.15, 0.2) is 6.07 Å². The number of carbonyl (C=O) groups is 1. The van der Waals surface area contributed by atoms with Gasteiger partial charge < -0.3 is 20.0 Å². The molecule has 7 heteroatoms. The maximum absolute atomic E-state index is 10.4. The fourth-order valence-corrected chi connectivity index (χ4v) is 1.18. The van der Waals surface area contributed by atoms with Gasteiger partial charge in [-0.2, -0.15) is 4.68 Å². The van der Waals surface area contributed by atoms with Crippen LogP contribution in [-0.4, -0.2) is 20.7 Å². The molecule has 1 aromatic rings. The molecule has 7 nitrogen and oxygen atoms in total. The van der Waals surface area contributed by atoms with E-state index in [0.717, 1.165) is 0 Å². The highest BCUT2D eigenvalue weighted by Crippen LogP contribution is 2.11. The van der Waals surface area contributed by atoms with E-state index in [0.29, 0.717) is 18.7 Å². The molecule has 0 unspecified atom stereocenters. The summed E-state index contributed by atoms with van der Waals surface area (Å²) in [6.45, 7) is 2.02. The van der Waals surface area contributed by atoms with Crippen LogP contribution in [0.25, 0.3) is 0 Å². The molecule has 0 aliphatic heterocycles. The molecular weight excluding hydrogens is 202 g/mol. The minimum absolute atomic E-state index is 0.0763. The Labute approximate surface area is 85.5 Å². The number of carboxylic acid groups (broad SMARTS) is 1. The second-order valence-electron chi connectivity index (χ2n) is 3.10. The molecule has 0 saturated heterocycles. The van der Waals surface area contributed by atoms with Gasteiger partial charge in [-0.1, -0.05) is 0 Å². The summed E-state index contributed by atoms with van der Waals surface area (Å²) in [6.07, 6.45) is 0.273. The third-order valence-corrected chi connectivity index (χ3v) is 1.91. The second-order valence-corrected chi connectivity index (χ2v) is 3.10. The average Bonchev–Trinajstić information content (AvgIpc) is 2.47. The predicted molar refractivity (Wildman–Crippen MR) is 47.9 cm³/mol. The van der Waals surface area contributed by atoms with Gasteiger partial charge in [0.25, 0.3) is 0 Å². The van der Waals surface area contributed by atoms with E-state index in [2.05, 4.69) is 5.10 Å². The van der Waals surface area contributed by atoms with Gasteiger partial charge in [-0.05, 0) is 24.7 Å². The van der Waals surface area contributed by atoms with Crippen molar-refractivity contribution in [1.29, 1.82) is 0 Å². The summed E-state index contributed by atoms with van der Waals surface area (Å²) in [7, 11) is 0. The van der Waals surface area contributed by atoms with Gasteiger partial charge in [-0.15, -0.1) is 0 Å². The zero-order valence-corrected chi connectivity index (χ0v) is 8.17. The number of nitro groups is 1. The van der Waals surface area contributed by atoms with Crippen LogP contribution in [0.2, 0.25) is 0 Å². The van der Waals surface area contributed by atoms with Gasteiger partial charge in [0.2, 0.25) is 0 Å². The van der Waals surface area contributed by atoms with Crippen LogP contribution in [0.1, 0.15) is 18.5 Å². The molecule has 1 aromatic heterocycles. The number of aryl methyl sites for hydroxylation is 2. The minimum atomic E-state index is -1.13. The highest BCUT2D eigenvalue weighted by Gasteiger charge is 2.14. The van der Waals surface area contributed by atoms with Crippen molar-refractivity contribution < 1.29 is 14.8 Å². The van der Waals surface area contributed by atoms with E-state index in [1.165, 1.54) is 10.7 Å².